The zero-order valence-corrected chi connectivity index (χ0v) is 23.7. The molecule has 198 valence electrons. The summed E-state index contributed by atoms with van der Waals surface area (Å²) in [5, 5.41) is 6.46. The molecule has 0 unspecified atom stereocenters. The lowest BCUT2D eigenvalue weighted by atomic mass is 9.81. The summed E-state index contributed by atoms with van der Waals surface area (Å²) in [6.07, 6.45) is 0. The number of rotatable bonds is 2. The van der Waals surface area contributed by atoms with Crippen LogP contribution in [0.4, 0.5) is 0 Å². The SMILES string of the molecule is [2H]c1c([2H])c([2H])c(-c2c3c(c(-c4ccc5c6c(cccc46)-c4ccccc4S5)c4ccccc24)-c2cccc4cccc-3c24)c([2H])c1[2H]. The van der Waals surface area contributed by atoms with Crippen LogP contribution in [-0.4, -0.2) is 0 Å². The molecule has 1 aliphatic carbocycles. The van der Waals surface area contributed by atoms with Crippen LogP contribution in [0.3, 0.4) is 0 Å². The van der Waals surface area contributed by atoms with E-state index in [1.165, 1.54) is 26.3 Å². The molecular formula is C42H24S. The van der Waals surface area contributed by atoms with Gasteiger partial charge in [0.1, 0.15) is 0 Å². The third-order valence-electron chi connectivity index (χ3n) is 9.08. The van der Waals surface area contributed by atoms with Crippen molar-refractivity contribution in [2.75, 3.05) is 0 Å². The second-order valence-corrected chi connectivity index (χ2v) is 12.3. The molecule has 0 fully saturated rings. The van der Waals surface area contributed by atoms with Gasteiger partial charge in [-0.1, -0.05) is 145 Å². The molecule has 0 radical (unpaired) electrons. The molecule has 8 aromatic carbocycles. The summed E-state index contributed by atoms with van der Waals surface area (Å²) in [7, 11) is 0. The summed E-state index contributed by atoms with van der Waals surface area (Å²) in [6.45, 7) is 0. The molecule has 0 atom stereocenters. The van der Waals surface area contributed by atoms with Gasteiger partial charge in [0.15, 0.2) is 0 Å². The molecule has 1 heterocycles. The van der Waals surface area contributed by atoms with Crippen LogP contribution in [-0.2, 0) is 0 Å². The maximum absolute atomic E-state index is 9.10. The summed E-state index contributed by atoms with van der Waals surface area (Å²) >= 11 is 1.81. The van der Waals surface area contributed by atoms with Crippen molar-refractivity contribution in [2.24, 2.45) is 0 Å². The first-order chi connectivity index (χ1) is 23.4. The molecule has 0 bridgehead atoms. The van der Waals surface area contributed by atoms with Gasteiger partial charge in [-0.2, -0.15) is 0 Å². The normalized spacial score (nSPS) is 14.2. The van der Waals surface area contributed by atoms with Crippen molar-refractivity contribution in [1.82, 2.24) is 0 Å². The highest BCUT2D eigenvalue weighted by Gasteiger charge is 2.31. The van der Waals surface area contributed by atoms with E-state index in [4.69, 9.17) is 6.85 Å². The number of hydrogen-bond acceptors (Lipinski definition) is 1. The van der Waals surface area contributed by atoms with Crippen LogP contribution in [0.1, 0.15) is 6.85 Å². The Morgan fingerprint density at radius 2 is 1.02 bits per heavy atom. The van der Waals surface area contributed by atoms with Crippen molar-refractivity contribution in [2.45, 2.75) is 9.79 Å². The van der Waals surface area contributed by atoms with E-state index in [1.807, 2.05) is 36.0 Å². The van der Waals surface area contributed by atoms with Crippen LogP contribution < -0.4 is 0 Å². The Morgan fingerprint density at radius 3 is 1.84 bits per heavy atom. The molecule has 0 amide bonds. The van der Waals surface area contributed by atoms with Gasteiger partial charge in [-0.05, 0) is 94.7 Å². The minimum atomic E-state index is -0.389. The summed E-state index contributed by atoms with van der Waals surface area (Å²) in [5.41, 5.74) is 9.62. The Bertz CT molecular complexity index is 2730. The molecule has 8 aromatic rings. The first-order valence-electron chi connectivity index (χ1n) is 17.0. The molecule has 0 saturated heterocycles. The molecule has 43 heavy (non-hydrogen) atoms. The monoisotopic (exact) mass is 565 g/mol. The predicted octanol–water partition coefficient (Wildman–Crippen LogP) is 12.3. The minimum absolute atomic E-state index is 0.193. The van der Waals surface area contributed by atoms with E-state index in [2.05, 4.69) is 91.0 Å². The second-order valence-electron chi connectivity index (χ2n) is 11.2. The van der Waals surface area contributed by atoms with E-state index in [0.29, 0.717) is 5.56 Å². The fourth-order valence-electron chi connectivity index (χ4n) is 7.45. The van der Waals surface area contributed by atoms with Gasteiger partial charge in [0, 0.05) is 15.2 Å². The topological polar surface area (TPSA) is 0 Å². The maximum atomic E-state index is 9.10. The van der Waals surface area contributed by atoms with Crippen LogP contribution in [0, 0.1) is 0 Å². The molecule has 0 aromatic heterocycles. The van der Waals surface area contributed by atoms with Crippen LogP contribution in [0.15, 0.2) is 155 Å². The Morgan fingerprint density at radius 1 is 0.395 bits per heavy atom. The minimum Gasteiger partial charge on any atom is -0.0888 e. The Balaban J connectivity index is 1.43. The highest BCUT2D eigenvalue weighted by atomic mass is 32.2. The van der Waals surface area contributed by atoms with Gasteiger partial charge in [0.25, 0.3) is 0 Å². The Kier molecular flexibility index (Phi) is 3.88. The molecule has 1 aliphatic heterocycles. The van der Waals surface area contributed by atoms with Gasteiger partial charge in [-0.15, -0.1) is 0 Å². The molecule has 1 heteroatoms. The van der Waals surface area contributed by atoms with Gasteiger partial charge < -0.3 is 0 Å². The van der Waals surface area contributed by atoms with E-state index in [0.717, 1.165) is 60.3 Å². The molecule has 2 aliphatic rings. The lowest BCUT2D eigenvalue weighted by molar-refractivity contribution is 1.40. The van der Waals surface area contributed by atoms with E-state index in [1.54, 1.807) is 0 Å². The standard InChI is InChI=1S/C42H24S/c1-2-11-26(12-3-1)38-29-16-4-5-17-31(29)40(42-34-21-9-14-25-13-8-20-33(37(25)34)41(38)42)32-23-24-36-39-28(18-10-19-30(32)39)27-15-6-7-22-35(27)43-36/h1-24H/i1D,2D,3D,11D,12D. The molecule has 0 spiro atoms. The molecule has 0 saturated carbocycles. The number of benzene rings is 8. The van der Waals surface area contributed by atoms with E-state index in [-0.39, 0.29) is 35.8 Å². The van der Waals surface area contributed by atoms with Crippen molar-refractivity contribution in [3.63, 3.8) is 0 Å². The van der Waals surface area contributed by atoms with Crippen LogP contribution in [0.2, 0.25) is 0 Å². The Labute approximate surface area is 261 Å². The van der Waals surface area contributed by atoms with E-state index < -0.39 is 0 Å². The van der Waals surface area contributed by atoms with Crippen molar-refractivity contribution < 1.29 is 6.85 Å². The predicted molar refractivity (Wildman–Crippen MR) is 184 cm³/mol. The highest BCUT2D eigenvalue weighted by Crippen LogP contribution is 2.59. The zero-order valence-electron chi connectivity index (χ0n) is 27.9. The fourth-order valence-corrected chi connectivity index (χ4v) is 8.58. The van der Waals surface area contributed by atoms with E-state index in [9.17, 15) is 0 Å². The maximum Gasteiger partial charge on any atom is 0.0629 e. The lowest BCUT2D eigenvalue weighted by Crippen LogP contribution is -1.97. The van der Waals surface area contributed by atoms with Gasteiger partial charge in [-0.25, -0.2) is 0 Å². The lowest BCUT2D eigenvalue weighted by Gasteiger charge is -2.24. The number of fused-ring (bicyclic) bond motifs is 6. The molecule has 0 nitrogen and oxygen atoms in total. The van der Waals surface area contributed by atoms with Crippen molar-refractivity contribution in [1.29, 1.82) is 0 Å². The number of hydrogen-bond donors (Lipinski definition) is 0. The van der Waals surface area contributed by atoms with Crippen LogP contribution in [0.5, 0.6) is 0 Å². The van der Waals surface area contributed by atoms with Crippen LogP contribution >= 0.6 is 11.8 Å². The summed E-state index contributed by atoms with van der Waals surface area (Å²) in [6, 6.07) is 39.0. The third kappa shape index (κ3) is 3.12. The first kappa shape index (κ1) is 19.2. The van der Waals surface area contributed by atoms with Crippen LogP contribution in [0.25, 0.3) is 88.0 Å². The summed E-state index contributed by atoms with van der Waals surface area (Å²) < 4.78 is 43.8. The molecular weight excluding hydrogens is 537 g/mol. The van der Waals surface area contributed by atoms with Crippen molar-refractivity contribution in [3.8, 4) is 55.6 Å². The molecule has 0 N–H and O–H groups in total. The van der Waals surface area contributed by atoms with Crippen molar-refractivity contribution in [3.05, 3.63) is 145 Å². The third-order valence-corrected chi connectivity index (χ3v) is 10.2. The summed E-state index contributed by atoms with van der Waals surface area (Å²) in [4.78, 5) is 2.48. The highest BCUT2D eigenvalue weighted by molar-refractivity contribution is 7.99. The van der Waals surface area contributed by atoms with Gasteiger partial charge in [-0.3, -0.25) is 0 Å². The average Bonchev–Trinajstić information content (AvgIpc) is 3.45. The average molecular weight is 566 g/mol. The zero-order chi connectivity index (χ0) is 32.4. The first-order valence-corrected chi connectivity index (χ1v) is 15.3. The second kappa shape index (κ2) is 8.70. The van der Waals surface area contributed by atoms with E-state index >= 15 is 0 Å². The quantitative estimate of drug-likeness (QED) is 0.201. The summed E-state index contributed by atoms with van der Waals surface area (Å²) in [5.74, 6) is 0. The van der Waals surface area contributed by atoms with Gasteiger partial charge in [0.2, 0.25) is 0 Å². The largest absolute Gasteiger partial charge is 0.0888 e. The van der Waals surface area contributed by atoms with Gasteiger partial charge in [0.05, 0.1) is 6.85 Å². The molecule has 10 rings (SSSR count). The van der Waals surface area contributed by atoms with Crippen molar-refractivity contribution >= 4 is 44.1 Å². The van der Waals surface area contributed by atoms with Gasteiger partial charge >= 0.3 is 0 Å². The smallest absolute Gasteiger partial charge is 0.0629 e. The Hall–Kier alpha value is -5.11. The fraction of sp³-hybridized carbons (Fsp3) is 0.